The van der Waals surface area contributed by atoms with Crippen molar-refractivity contribution in [2.75, 3.05) is 19.7 Å². The second-order valence-corrected chi connectivity index (χ2v) is 14.1. The quantitative estimate of drug-likeness (QED) is 0.245. The molecule has 4 aliphatic carbocycles. The first-order chi connectivity index (χ1) is 21.0. The van der Waals surface area contributed by atoms with E-state index >= 15 is 0 Å². The Morgan fingerprint density at radius 2 is 1.05 bits per heavy atom. The number of ether oxygens (including phenoxy) is 1. The van der Waals surface area contributed by atoms with Crippen LogP contribution in [-0.2, 0) is 11.2 Å². The number of carbonyl (C=O) groups excluding carboxylic acids is 1. The third kappa shape index (κ3) is 8.63. The van der Waals surface area contributed by atoms with Gasteiger partial charge in [-0.05, 0) is 88.0 Å². The first-order valence-corrected chi connectivity index (χ1v) is 18.1. The Hall–Kier alpha value is -1.92. The normalized spacial score (nSPS) is 21.8. The molecule has 240 valence electrons. The van der Waals surface area contributed by atoms with Gasteiger partial charge in [0, 0.05) is 37.3 Å². The fourth-order valence-electron chi connectivity index (χ4n) is 9.04. The van der Waals surface area contributed by atoms with E-state index in [4.69, 9.17) is 4.74 Å². The number of esters is 1. The second kappa shape index (κ2) is 16.4. The highest BCUT2D eigenvalue weighted by Crippen LogP contribution is 2.32. The summed E-state index contributed by atoms with van der Waals surface area (Å²) in [6.45, 7) is 4.00. The summed E-state index contributed by atoms with van der Waals surface area (Å²) in [7, 11) is 0. The first-order valence-electron chi connectivity index (χ1n) is 18.1. The molecule has 1 N–H and O–H groups in total. The Bertz CT molecular complexity index is 997. The van der Waals surface area contributed by atoms with Crippen LogP contribution in [0.15, 0.2) is 12.1 Å². The van der Waals surface area contributed by atoms with Gasteiger partial charge in [0.1, 0.15) is 6.61 Å². The van der Waals surface area contributed by atoms with Gasteiger partial charge in [0.15, 0.2) is 0 Å². The molecule has 0 aromatic heterocycles. The topological polar surface area (TPSA) is 70.1 Å². The van der Waals surface area contributed by atoms with E-state index in [0.717, 1.165) is 24.2 Å². The summed E-state index contributed by atoms with van der Waals surface area (Å²) in [4.78, 5) is 31.2. The molecule has 5 rings (SSSR count). The van der Waals surface area contributed by atoms with E-state index in [1.54, 1.807) is 12.1 Å². The van der Waals surface area contributed by atoms with Gasteiger partial charge in [-0.3, -0.25) is 9.80 Å². The van der Waals surface area contributed by atoms with Crippen LogP contribution in [0.3, 0.4) is 0 Å². The SMILES string of the molecule is Cc1c(C(=O)OCCN(C2CCCCC2)C2CCCCC2)ccc(C(=O)O)c1CCN(C1CCCCC1)C1CCCCC1. The second-order valence-electron chi connectivity index (χ2n) is 14.1. The number of hydrogen-bond donors (Lipinski definition) is 1. The van der Waals surface area contributed by atoms with Gasteiger partial charge in [0.25, 0.3) is 0 Å². The van der Waals surface area contributed by atoms with Crippen molar-refractivity contribution in [3.63, 3.8) is 0 Å². The van der Waals surface area contributed by atoms with Crippen molar-refractivity contribution in [2.24, 2.45) is 0 Å². The predicted octanol–water partition coefficient (Wildman–Crippen LogP) is 8.33. The van der Waals surface area contributed by atoms with E-state index in [9.17, 15) is 14.7 Å². The van der Waals surface area contributed by atoms with E-state index in [0.29, 0.717) is 48.3 Å². The van der Waals surface area contributed by atoms with Crippen molar-refractivity contribution in [2.45, 2.75) is 166 Å². The van der Waals surface area contributed by atoms with Gasteiger partial charge in [-0.25, -0.2) is 9.59 Å². The number of carboxylic acids is 1. The molecule has 0 atom stereocenters. The fraction of sp³-hybridized carbons (Fsp3) is 0.784. The van der Waals surface area contributed by atoms with E-state index in [1.807, 2.05) is 6.92 Å². The third-order valence-electron chi connectivity index (χ3n) is 11.4. The van der Waals surface area contributed by atoms with Crippen LogP contribution >= 0.6 is 0 Å². The average Bonchev–Trinajstić information content (AvgIpc) is 3.05. The van der Waals surface area contributed by atoms with Crippen molar-refractivity contribution < 1.29 is 19.4 Å². The highest BCUT2D eigenvalue weighted by atomic mass is 16.5. The van der Waals surface area contributed by atoms with E-state index in [2.05, 4.69) is 9.80 Å². The lowest BCUT2D eigenvalue weighted by molar-refractivity contribution is 0.0290. The van der Waals surface area contributed by atoms with Gasteiger partial charge in [-0.2, -0.15) is 0 Å². The summed E-state index contributed by atoms with van der Waals surface area (Å²) in [5.41, 5.74) is 2.46. The minimum Gasteiger partial charge on any atom is -0.478 e. The molecule has 0 radical (unpaired) electrons. The van der Waals surface area contributed by atoms with Crippen LogP contribution in [0.5, 0.6) is 0 Å². The Kier molecular flexibility index (Phi) is 12.4. The number of carbonyl (C=O) groups is 2. The Morgan fingerprint density at radius 3 is 1.47 bits per heavy atom. The Balaban J connectivity index is 1.26. The summed E-state index contributed by atoms with van der Waals surface area (Å²) in [5.74, 6) is -1.21. The van der Waals surface area contributed by atoms with Gasteiger partial charge in [-0.15, -0.1) is 0 Å². The number of nitrogens with zero attached hydrogens (tertiary/aromatic N) is 2. The van der Waals surface area contributed by atoms with E-state index < -0.39 is 5.97 Å². The zero-order valence-corrected chi connectivity index (χ0v) is 27.0. The maximum atomic E-state index is 13.5. The molecular formula is C37H58N2O4. The number of carboxylic acid groups (broad SMARTS) is 1. The minimum absolute atomic E-state index is 0.306. The number of hydrogen-bond acceptors (Lipinski definition) is 5. The van der Waals surface area contributed by atoms with Crippen molar-refractivity contribution in [1.29, 1.82) is 0 Å². The molecule has 0 aliphatic heterocycles. The summed E-state index contributed by atoms with van der Waals surface area (Å²) < 4.78 is 5.95. The molecule has 1 aromatic rings. The lowest BCUT2D eigenvalue weighted by atomic mass is 9.87. The number of benzene rings is 1. The maximum Gasteiger partial charge on any atom is 0.338 e. The minimum atomic E-state index is -0.907. The summed E-state index contributed by atoms with van der Waals surface area (Å²) in [6.07, 6.45) is 26.5. The lowest BCUT2D eigenvalue weighted by Crippen LogP contribution is -2.46. The molecule has 0 saturated heterocycles. The molecule has 43 heavy (non-hydrogen) atoms. The fourth-order valence-corrected chi connectivity index (χ4v) is 9.04. The van der Waals surface area contributed by atoms with Crippen molar-refractivity contribution in [1.82, 2.24) is 9.80 Å². The molecule has 0 amide bonds. The third-order valence-corrected chi connectivity index (χ3v) is 11.4. The van der Waals surface area contributed by atoms with Crippen molar-refractivity contribution >= 4 is 11.9 Å². The molecule has 1 aromatic carbocycles. The van der Waals surface area contributed by atoms with Crippen molar-refractivity contribution in [3.8, 4) is 0 Å². The molecule has 4 aliphatic rings. The van der Waals surface area contributed by atoms with Gasteiger partial charge >= 0.3 is 11.9 Å². The highest BCUT2D eigenvalue weighted by Gasteiger charge is 2.31. The highest BCUT2D eigenvalue weighted by molar-refractivity contribution is 5.95. The van der Waals surface area contributed by atoms with Gasteiger partial charge < -0.3 is 9.84 Å². The van der Waals surface area contributed by atoms with Crippen LogP contribution in [0.25, 0.3) is 0 Å². The first kappa shape index (κ1) is 32.5. The molecule has 0 bridgehead atoms. The standard InChI is InChI=1S/C37H58N2O4/c1-28-33(24-25-38(29-14-6-2-7-15-29)30-16-8-3-9-17-30)35(36(40)41)23-22-34(28)37(42)43-27-26-39(31-18-10-4-11-19-31)32-20-12-5-13-21-32/h22-23,29-32H,2-21,24-27H2,1H3,(H,40,41). The van der Waals surface area contributed by atoms with Gasteiger partial charge in [0.05, 0.1) is 11.1 Å². The summed E-state index contributed by atoms with van der Waals surface area (Å²) in [5, 5.41) is 10.1. The van der Waals surface area contributed by atoms with Crippen LogP contribution < -0.4 is 0 Å². The Labute approximate surface area is 260 Å². The Morgan fingerprint density at radius 1 is 0.651 bits per heavy atom. The summed E-state index contributed by atoms with van der Waals surface area (Å²) in [6, 6.07) is 5.78. The van der Waals surface area contributed by atoms with Gasteiger partial charge in [0.2, 0.25) is 0 Å². The predicted molar refractivity (Wildman–Crippen MR) is 173 cm³/mol. The zero-order chi connectivity index (χ0) is 30.0. The molecule has 6 heteroatoms. The van der Waals surface area contributed by atoms with Crippen molar-refractivity contribution in [3.05, 3.63) is 34.4 Å². The molecule has 4 fully saturated rings. The number of rotatable bonds is 12. The zero-order valence-electron chi connectivity index (χ0n) is 27.0. The van der Waals surface area contributed by atoms with Crippen LogP contribution in [0.1, 0.15) is 160 Å². The van der Waals surface area contributed by atoms with Crippen LogP contribution in [0, 0.1) is 6.92 Å². The monoisotopic (exact) mass is 594 g/mol. The lowest BCUT2D eigenvalue weighted by Gasteiger charge is -2.42. The van der Waals surface area contributed by atoms with Crippen LogP contribution in [-0.4, -0.2) is 70.7 Å². The molecular weight excluding hydrogens is 536 g/mol. The van der Waals surface area contributed by atoms with Crippen LogP contribution in [0.2, 0.25) is 0 Å². The van der Waals surface area contributed by atoms with E-state index in [1.165, 1.54) is 128 Å². The average molecular weight is 595 g/mol. The smallest absolute Gasteiger partial charge is 0.338 e. The maximum absolute atomic E-state index is 13.5. The molecule has 0 heterocycles. The van der Waals surface area contributed by atoms with Crippen LogP contribution in [0.4, 0.5) is 0 Å². The largest absolute Gasteiger partial charge is 0.478 e. The molecule has 4 saturated carbocycles. The number of aromatic carboxylic acids is 1. The van der Waals surface area contributed by atoms with E-state index in [-0.39, 0.29) is 5.97 Å². The summed E-state index contributed by atoms with van der Waals surface area (Å²) >= 11 is 0. The molecule has 0 spiro atoms. The molecule has 0 unspecified atom stereocenters. The van der Waals surface area contributed by atoms with Gasteiger partial charge in [-0.1, -0.05) is 77.0 Å². The molecule has 6 nitrogen and oxygen atoms in total.